The number of hydrogen-bond acceptors (Lipinski definition) is 4. The lowest BCUT2D eigenvalue weighted by Crippen LogP contribution is -2.33. The maximum atomic E-state index is 13.0. The molecule has 2 N–H and O–H groups in total. The van der Waals surface area contributed by atoms with Gasteiger partial charge >= 0.3 is 0 Å². The summed E-state index contributed by atoms with van der Waals surface area (Å²) in [4.78, 5) is 2.14. The summed E-state index contributed by atoms with van der Waals surface area (Å²) < 4.78 is 18.0. The molecule has 1 rings (SSSR count). The number of methoxy groups -OCH3 is 1. The Hall–Kier alpha value is -1.01. The molecule has 0 spiro atoms. The van der Waals surface area contributed by atoms with Gasteiger partial charge in [0.25, 0.3) is 0 Å². The third-order valence-electron chi connectivity index (χ3n) is 2.92. The van der Waals surface area contributed by atoms with Crippen molar-refractivity contribution in [3.05, 3.63) is 35.6 Å². The first-order valence-electron chi connectivity index (χ1n) is 6.45. The van der Waals surface area contributed by atoms with Gasteiger partial charge in [0.2, 0.25) is 0 Å². The Bertz CT molecular complexity index is 363. The summed E-state index contributed by atoms with van der Waals surface area (Å²) in [5, 5.41) is 13.0. The van der Waals surface area contributed by atoms with Gasteiger partial charge in [-0.05, 0) is 24.7 Å². The zero-order valence-corrected chi connectivity index (χ0v) is 11.6. The third kappa shape index (κ3) is 6.63. The van der Waals surface area contributed by atoms with Crippen LogP contribution >= 0.6 is 0 Å². The van der Waals surface area contributed by atoms with E-state index in [9.17, 15) is 9.50 Å². The van der Waals surface area contributed by atoms with Crippen molar-refractivity contribution in [1.82, 2.24) is 10.2 Å². The molecular weight excluding hydrogens is 247 g/mol. The maximum Gasteiger partial charge on any atom is 0.123 e. The molecule has 108 valence electrons. The molecule has 19 heavy (non-hydrogen) atoms. The van der Waals surface area contributed by atoms with Gasteiger partial charge in [-0.3, -0.25) is 0 Å². The van der Waals surface area contributed by atoms with Gasteiger partial charge in [-0.1, -0.05) is 12.1 Å². The lowest BCUT2D eigenvalue weighted by Gasteiger charge is -2.17. The van der Waals surface area contributed by atoms with E-state index < -0.39 is 6.10 Å². The second-order valence-corrected chi connectivity index (χ2v) is 4.57. The van der Waals surface area contributed by atoms with E-state index in [2.05, 4.69) is 10.2 Å². The first kappa shape index (κ1) is 16.0. The molecule has 0 fully saturated rings. The van der Waals surface area contributed by atoms with Gasteiger partial charge in [-0.25, -0.2) is 4.39 Å². The Labute approximate surface area is 114 Å². The molecule has 1 atom stereocenters. The number of rotatable bonds is 9. The van der Waals surface area contributed by atoms with Crippen LogP contribution in [-0.4, -0.2) is 56.9 Å². The van der Waals surface area contributed by atoms with Gasteiger partial charge in [-0.2, -0.15) is 0 Å². The largest absolute Gasteiger partial charge is 0.387 e. The molecule has 0 bridgehead atoms. The van der Waals surface area contributed by atoms with E-state index in [0.717, 1.165) is 19.6 Å². The molecule has 0 heterocycles. The minimum atomic E-state index is -0.681. The molecule has 0 amide bonds. The summed E-state index contributed by atoms with van der Waals surface area (Å²) in [6, 6.07) is 6.05. The molecule has 0 radical (unpaired) electrons. The van der Waals surface area contributed by atoms with Crippen molar-refractivity contribution in [3.8, 4) is 0 Å². The highest BCUT2D eigenvalue weighted by Crippen LogP contribution is 2.12. The fourth-order valence-electron chi connectivity index (χ4n) is 1.70. The highest BCUT2D eigenvalue weighted by molar-refractivity contribution is 5.18. The Morgan fingerprint density at radius 3 is 2.89 bits per heavy atom. The van der Waals surface area contributed by atoms with Crippen LogP contribution in [0.2, 0.25) is 0 Å². The number of nitrogens with one attached hydrogen (secondary N) is 1. The number of aliphatic hydroxyl groups is 1. The van der Waals surface area contributed by atoms with Crippen LogP contribution in [0.15, 0.2) is 24.3 Å². The van der Waals surface area contributed by atoms with Crippen molar-refractivity contribution in [1.29, 1.82) is 0 Å². The van der Waals surface area contributed by atoms with Crippen molar-refractivity contribution in [2.45, 2.75) is 6.10 Å². The predicted octanol–water partition coefficient (Wildman–Crippen LogP) is 1.03. The van der Waals surface area contributed by atoms with Crippen LogP contribution in [-0.2, 0) is 4.74 Å². The molecule has 0 aliphatic rings. The Morgan fingerprint density at radius 2 is 2.21 bits per heavy atom. The van der Waals surface area contributed by atoms with Crippen LogP contribution in [0.1, 0.15) is 11.7 Å². The zero-order chi connectivity index (χ0) is 14.1. The van der Waals surface area contributed by atoms with E-state index in [1.807, 2.05) is 7.05 Å². The van der Waals surface area contributed by atoms with Gasteiger partial charge < -0.3 is 20.1 Å². The standard InChI is InChI=1S/C14H23FN2O2/c1-17(8-9-19-2)7-6-16-11-14(18)12-4-3-5-13(15)10-12/h3-5,10,14,16,18H,6-9,11H2,1-2H3. The molecule has 0 saturated carbocycles. The zero-order valence-electron chi connectivity index (χ0n) is 11.6. The van der Waals surface area contributed by atoms with Crippen molar-refractivity contribution in [3.63, 3.8) is 0 Å². The van der Waals surface area contributed by atoms with Crippen molar-refractivity contribution >= 4 is 0 Å². The van der Waals surface area contributed by atoms with Crippen molar-refractivity contribution < 1.29 is 14.2 Å². The average molecular weight is 270 g/mol. The topological polar surface area (TPSA) is 44.7 Å². The van der Waals surface area contributed by atoms with E-state index in [4.69, 9.17) is 4.74 Å². The molecule has 0 aromatic heterocycles. The van der Waals surface area contributed by atoms with Crippen molar-refractivity contribution in [2.24, 2.45) is 0 Å². The van der Waals surface area contributed by atoms with Crippen LogP contribution in [0.25, 0.3) is 0 Å². The van der Waals surface area contributed by atoms with Crippen LogP contribution in [0.3, 0.4) is 0 Å². The highest BCUT2D eigenvalue weighted by atomic mass is 19.1. The molecule has 0 saturated heterocycles. The van der Waals surface area contributed by atoms with Gasteiger partial charge in [0.15, 0.2) is 0 Å². The number of hydrogen-bond donors (Lipinski definition) is 2. The number of aliphatic hydroxyl groups excluding tert-OH is 1. The van der Waals surface area contributed by atoms with E-state index >= 15 is 0 Å². The van der Waals surface area contributed by atoms with Crippen LogP contribution in [0, 0.1) is 5.82 Å². The molecule has 4 nitrogen and oxygen atoms in total. The summed E-state index contributed by atoms with van der Waals surface area (Å²) in [6.45, 7) is 3.65. The molecule has 5 heteroatoms. The molecule has 1 aromatic rings. The summed E-state index contributed by atoms with van der Waals surface area (Å²) >= 11 is 0. The minimum absolute atomic E-state index is 0.323. The summed E-state index contributed by atoms with van der Waals surface area (Å²) in [5.41, 5.74) is 0.597. The monoisotopic (exact) mass is 270 g/mol. The van der Waals surface area contributed by atoms with E-state index in [1.165, 1.54) is 12.1 Å². The van der Waals surface area contributed by atoms with Gasteiger partial charge in [0.05, 0.1) is 12.7 Å². The number of nitrogens with zero attached hydrogens (tertiary/aromatic N) is 1. The Kier molecular flexibility index (Phi) is 7.59. The summed E-state index contributed by atoms with van der Waals surface area (Å²) in [6.07, 6.45) is -0.681. The first-order chi connectivity index (χ1) is 9.13. The van der Waals surface area contributed by atoms with Crippen molar-refractivity contribution in [2.75, 3.05) is 46.9 Å². The number of benzene rings is 1. The smallest absolute Gasteiger partial charge is 0.123 e. The fourth-order valence-corrected chi connectivity index (χ4v) is 1.70. The van der Waals surface area contributed by atoms with Gasteiger partial charge in [-0.15, -0.1) is 0 Å². The summed E-state index contributed by atoms with van der Waals surface area (Å²) in [5.74, 6) is -0.323. The molecule has 1 aromatic carbocycles. The first-order valence-corrected chi connectivity index (χ1v) is 6.45. The normalized spacial score (nSPS) is 12.9. The minimum Gasteiger partial charge on any atom is -0.387 e. The number of halogens is 1. The lowest BCUT2D eigenvalue weighted by molar-refractivity contribution is 0.156. The quantitative estimate of drug-likeness (QED) is 0.658. The van der Waals surface area contributed by atoms with E-state index in [-0.39, 0.29) is 5.82 Å². The molecule has 0 aliphatic heterocycles. The van der Waals surface area contributed by atoms with Crippen LogP contribution in [0.4, 0.5) is 4.39 Å². The maximum absolute atomic E-state index is 13.0. The number of likely N-dealkylation sites (N-methyl/N-ethyl adjacent to an activating group) is 1. The van der Waals surface area contributed by atoms with E-state index in [1.54, 1.807) is 19.2 Å². The molecular formula is C14H23FN2O2. The van der Waals surface area contributed by atoms with Crippen LogP contribution < -0.4 is 5.32 Å². The van der Waals surface area contributed by atoms with Crippen LogP contribution in [0.5, 0.6) is 0 Å². The van der Waals surface area contributed by atoms with Gasteiger partial charge in [0.1, 0.15) is 5.82 Å². The van der Waals surface area contributed by atoms with Gasteiger partial charge in [0, 0.05) is 33.3 Å². The number of ether oxygens (including phenoxy) is 1. The summed E-state index contributed by atoms with van der Waals surface area (Å²) in [7, 11) is 3.70. The second kappa shape index (κ2) is 8.98. The highest BCUT2D eigenvalue weighted by Gasteiger charge is 2.07. The Morgan fingerprint density at radius 1 is 1.42 bits per heavy atom. The average Bonchev–Trinajstić information content (AvgIpc) is 2.41. The Balaban J connectivity index is 2.18. The molecule has 1 unspecified atom stereocenters. The fraction of sp³-hybridized carbons (Fsp3) is 0.571. The second-order valence-electron chi connectivity index (χ2n) is 4.57. The molecule has 0 aliphatic carbocycles. The lowest BCUT2D eigenvalue weighted by atomic mass is 10.1. The third-order valence-corrected chi connectivity index (χ3v) is 2.92. The SMILES string of the molecule is COCCN(C)CCNCC(O)c1cccc(F)c1. The van der Waals surface area contributed by atoms with E-state index in [0.29, 0.717) is 18.7 Å². The predicted molar refractivity (Wildman–Crippen MR) is 73.6 cm³/mol.